The molecule has 0 radical (unpaired) electrons. The molecule has 0 bridgehead atoms. The molecule has 0 amide bonds. The number of hydrogen-bond acceptors (Lipinski definition) is 2. The number of allylic oxidation sites excluding steroid dienone is 5. The van der Waals surface area contributed by atoms with E-state index in [0.29, 0.717) is 6.10 Å². The normalized spacial score (nSPS) is 25.3. The van der Waals surface area contributed by atoms with E-state index in [1.165, 1.54) is 16.7 Å². The molecular weight excluding hydrogens is 272 g/mol. The van der Waals surface area contributed by atoms with Crippen LogP contribution in [0.2, 0.25) is 0 Å². The highest BCUT2D eigenvalue weighted by molar-refractivity contribution is 5.07. The molecule has 1 aliphatic rings. The zero-order valence-electron chi connectivity index (χ0n) is 15.1. The highest BCUT2D eigenvalue weighted by Gasteiger charge is 2.50. The third-order valence-electron chi connectivity index (χ3n) is 4.50. The molecule has 126 valence electrons. The Bertz CT molecular complexity index is 427. The molecule has 1 rings (SSSR count). The molecule has 2 unspecified atom stereocenters. The van der Waals surface area contributed by atoms with Gasteiger partial charge in [0.2, 0.25) is 0 Å². The van der Waals surface area contributed by atoms with Crippen LogP contribution < -0.4 is 0 Å². The summed E-state index contributed by atoms with van der Waals surface area (Å²) < 4.78 is 5.90. The van der Waals surface area contributed by atoms with Crippen LogP contribution >= 0.6 is 0 Å². The Hall–Kier alpha value is -0.860. The first-order valence-electron chi connectivity index (χ1n) is 8.60. The second kappa shape index (κ2) is 9.32. The number of rotatable bonds is 10. The summed E-state index contributed by atoms with van der Waals surface area (Å²) >= 11 is 0. The Balaban J connectivity index is 2.22. The van der Waals surface area contributed by atoms with Gasteiger partial charge in [0.1, 0.15) is 0 Å². The second-order valence-corrected chi connectivity index (χ2v) is 7.10. The fourth-order valence-electron chi connectivity index (χ4n) is 2.79. The first-order chi connectivity index (χ1) is 10.4. The highest BCUT2D eigenvalue weighted by Crippen LogP contribution is 2.43. The van der Waals surface area contributed by atoms with Crippen LogP contribution in [-0.4, -0.2) is 23.4 Å². The Morgan fingerprint density at radius 2 is 1.68 bits per heavy atom. The van der Waals surface area contributed by atoms with Gasteiger partial charge in [-0.15, -0.1) is 0 Å². The zero-order chi connectivity index (χ0) is 16.6. The molecule has 0 saturated carbocycles. The predicted octanol–water partition coefficient (Wildman–Crippen LogP) is 5.34. The lowest BCUT2D eigenvalue weighted by atomic mass is 9.96. The number of epoxide rings is 1. The first-order valence-corrected chi connectivity index (χ1v) is 8.60. The average Bonchev–Trinajstić information content (AvgIpc) is 3.07. The minimum Gasteiger partial charge on any atom is -0.392 e. The minimum absolute atomic E-state index is 0.0795. The van der Waals surface area contributed by atoms with Gasteiger partial charge in [0.15, 0.2) is 0 Å². The maximum absolute atomic E-state index is 8.86. The molecule has 22 heavy (non-hydrogen) atoms. The van der Waals surface area contributed by atoms with Crippen LogP contribution in [0.4, 0.5) is 0 Å². The molecular formula is C20H34O2. The van der Waals surface area contributed by atoms with Gasteiger partial charge in [0.25, 0.3) is 0 Å². The summed E-state index contributed by atoms with van der Waals surface area (Å²) in [6, 6.07) is 0. The lowest BCUT2D eigenvalue weighted by Gasteiger charge is -2.05. The Kier molecular flexibility index (Phi) is 8.13. The summed E-state index contributed by atoms with van der Waals surface area (Å²) in [5.74, 6) is 0. The van der Waals surface area contributed by atoms with Crippen molar-refractivity contribution >= 4 is 0 Å². The standard InChI is InChI=1S/C20H34O2/c1-16(2)8-6-9-17(3)10-7-14-20(5)19(22-20)12-11-18(4)13-15-21/h8,10,13,19,21H,6-7,9,11-12,14-15H2,1-5H3/b17-10+,18-13-. The molecule has 2 atom stereocenters. The molecule has 0 aromatic rings. The highest BCUT2D eigenvalue weighted by atomic mass is 16.6. The van der Waals surface area contributed by atoms with E-state index in [0.717, 1.165) is 38.5 Å². The Morgan fingerprint density at radius 1 is 1.00 bits per heavy atom. The molecule has 0 aromatic carbocycles. The van der Waals surface area contributed by atoms with Crippen LogP contribution in [-0.2, 0) is 4.74 Å². The van der Waals surface area contributed by atoms with Crippen molar-refractivity contribution in [1.82, 2.24) is 0 Å². The Morgan fingerprint density at radius 3 is 2.32 bits per heavy atom. The summed E-state index contributed by atoms with van der Waals surface area (Å²) in [6.45, 7) is 11.0. The average molecular weight is 306 g/mol. The molecule has 2 nitrogen and oxygen atoms in total. The van der Waals surface area contributed by atoms with E-state index in [1.807, 2.05) is 6.08 Å². The van der Waals surface area contributed by atoms with Crippen LogP contribution in [0, 0.1) is 0 Å². The molecule has 1 aliphatic heterocycles. The lowest BCUT2D eigenvalue weighted by Crippen LogP contribution is -2.09. The van der Waals surface area contributed by atoms with Crippen LogP contribution in [0.1, 0.15) is 73.1 Å². The van der Waals surface area contributed by atoms with Crippen molar-refractivity contribution in [2.45, 2.75) is 84.8 Å². The van der Waals surface area contributed by atoms with Gasteiger partial charge in [-0.3, -0.25) is 0 Å². The quantitative estimate of drug-likeness (QED) is 0.437. The maximum Gasteiger partial charge on any atom is 0.0923 e. The first kappa shape index (κ1) is 19.2. The molecule has 1 fully saturated rings. The third kappa shape index (κ3) is 7.42. The summed E-state index contributed by atoms with van der Waals surface area (Å²) in [5, 5.41) is 8.86. The molecule has 1 heterocycles. The van der Waals surface area contributed by atoms with Crippen molar-refractivity contribution in [3.63, 3.8) is 0 Å². The van der Waals surface area contributed by atoms with Crippen LogP contribution in [0.25, 0.3) is 0 Å². The zero-order valence-corrected chi connectivity index (χ0v) is 15.1. The van der Waals surface area contributed by atoms with E-state index in [1.54, 1.807) is 0 Å². The van der Waals surface area contributed by atoms with Crippen molar-refractivity contribution in [3.05, 3.63) is 34.9 Å². The van der Waals surface area contributed by atoms with Gasteiger partial charge >= 0.3 is 0 Å². The van der Waals surface area contributed by atoms with Crippen molar-refractivity contribution < 1.29 is 9.84 Å². The number of aliphatic hydroxyl groups is 1. The molecule has 2 heteroatoms. The number of ether oxygens (including phenoxy) is 1. The van der Waals surface area contributed by atoms with Crippen molar-refractivity contribution in [1.29, 1.82) is 0 Å². The van der Waals surface area contributed by atoms with Gasteiger partial charge < -0.3 is 9.84 Å². The van der Waals surface area contributed by atoms with E-state index in [4.69, 9.17) is 9.84 Å². The van der Waals surface area contributed by atoms with Gasteiger partial charge in [0.05, 0.1) is 18.3 Å². The summed E-state index contributed by atoms with van der Waals surface area (Å²) in [6.07, 6.45) is 13.6. The smallest absolute Gasteiger partial charge is 0.0923 e. The van der Waals surface area contributed by atoms with Crippen LogP contribution in [0.3, 0.4) is 0 Å². The lowest BCUT2D eigenvalue weighted by molar-refractivity contribution is 0.295. The van der Waals surface area contributed by atoms with Gasteiger partial charge in [-0.2, -0.15) is 0 Å². The molecule has 1 N–H and O–H groups in total. The fourth-order valence-corrected chi connectivity index (χ4v) is 2.79. The van der Waals surface area contributed by atoms with Gasteiger partial charge in [0, 0.05) is 0 Å². The number of aliphatic hydroxyl groups excluding tert-OH is 1. The topological polar surface area (TPSA) is 32.8 Å². The summed E-state index contributed by atoms with van der Waals surface area (Å²) in [7, 11) is 0. The van der Waals surface area contributed by atoms with E-state index in [2.05, 4.69) is 46.8 Å². The van der Waals surface area contributed by atoms with Gasteiger partial charge in [-0.25, -0.2) is 0 Å². The van der Waals surface area contributed by atoms with E-state index in [-0.39, 0.29) is 12.2 Å². The van der Waals surface area contributed by atoms with Gasteiger partial charge in [-0.1, -0.05) is 34.9 Å². The van der Waals surface area contributed by atoms with Crippen molar-refractivity contribution in [2.75, 3.05) is 6.61 Å². The molecule has 0 aliphatic carbocycles. The van der Waals surface area contributed by atoms with Crippen molar-refractivity contribution in [2.24, 2.45) is 0 Å². The number of hydrogen-bond donors (Lipinski definition) is 1. The molecule has 1 saturated heterocycles. The minimum atomic E-state index is 0.0795. The summed E-state index contributed by atoms with van der Waals surface area (Å²) in [5.41, 5.74) is 4.23. The third-order valence-corrected chi connectivity index (χ3v) is 4.50. The van der Waals surface area contributed by atoms with Crippen molar-refractivity contribution in [3.8, 4) is 0 Å². The van der Waals surface area contributed by atoms with E-state index >= 15 is 0 Å². The van der Waals surface area contributed by atoms with Crippen LogP contribution in [0.5, 0.6) is 0 Å². The van der Waals surface area contributed by atoms with Gasteiger partial charge in [-0.05, 0) is 73.1 Å². The monoisotopic (exact) mass is 306 g/mol. The summed E-state index contributed by atoms with van der Waals surface area (Å²) in [4.78, 5) is 0. The van der Waals surface area contributed by atoms with Crippen LogP contribution in [0.15, 0.2) is 34.9 Å². The molecule has 0 spiro atoms. The van der Waals surface area contributed by atoms with E-state index in [9.17, 15) is 0 Å². The predicted molar refractivity (Wildman–Crippen MR) is 95.0 cm³/mol. The maximum atomic E-state index is 8.86. The molecule has 0 aromatic heterocycles. The largest absolute Gasteiger partial charge is 0.392 e. The van der Waals surface area contributed by atoms with E-state index < -0.39 is 0 Å². The SMILES string of the molecule is CC(C)=CCC/C(C)=C/CCC1(C)OC1CC/C(C)=C\CO. The fraction of sp³-hybridized carbons (Fsp3) is 0.700. The Labute approximate surface area is 137 Å². The second-order valence-electron chi connectivity index (χ2n) is 7.10.